The molecule has 116 valence electrons. The third kappa shape index (κ3) is 2.74. The molecule has 1 heterocycles. The van der Waals surface area contributed by atoms with Crippen LogP contribution in [0.2, 0.25) is 0 Å². The first kappa shape index (κ1) is 15.1. The van der Waals surface area contributed by atoms with Gasteiger partial charge in [0, 0.05) is 13.1 Å². The molecule has 0 aliphatic carbocycles. The maximum absolute atomic E-state index is 12.8. The van der Waals surface area contributed by atoms with E-state index in [1.165, 1.54) is 0 Å². The van der Waals surface area contributed by atoms with Gasteiger partial charge in [-0.1, -0.05) is 18.2 Å². The van der Waals surface area contributed by atoms with Crippen LogP contribution < -0.4 is 4.74 Å². The Morgan fingerprint density at radius 1 is 1.09 bits per heavy atom. The van der Waals surface area contributed by atoms with Crippen molar-refractivity contribution in [3.63, 3.8) is 0 Å². The average molecular weight is 317 g/mol. The molecule has 0 saturated carbocycles. The number of benzene rings is 2. The number of nitrogens with zero attached hydrogens (tertiary/aromatic N) is 1. The topological polar surface area (TPSA) is 46.6 Å². The highest BCUT2D eigenvalue weighted by molar-refractivity contribution is 7.89. The van der Waals surface area contributed by atoms with Gasteiger partial charge in [0.25, 0.3) is 0 Å². The van der Waals surface area contributed by atoms with Crippen molar-refractivity contribution < 1.29 is 13.2 Å². The second-order valence-corrected chi connectivity index (χ2v) is 7.48. The summed E-state index contributed by atoms with van der Waals surface area (Å²) in [6.45, 7) is 2.81. The zero-order valence-electron chi connectivity index (χ0n) is 12.7. The zero-order chi connectivity index (χ0) is 15.7. The van der Waals surface area contributed by atoms with E-state index in [1.54, 1.807) is 29.6 Å². The fourth-order valence-corrected chi connectivity index (χ4v) is 4.28. The minimum atomic E-state index is -3.44. The van der Waals surface area contributed by atoms with Gasteiger partial charge in [-0.25, -0.2) is 8.42 Å². The van der Waals surface area contributed by atoms with E-state index in [4.69, 9.17) is 4.74 Å². The Labute approximate surface area is 131 Å². The van der Waals surface area contributed by atoms with E-state index in [9.17, 15) is 8.42 Å². The zero-order valence-corrected chi connectivity index (χ0v) is 13.6. The monoisotopic (exact) mass is 317 g/mol. The van der Waals surface area contributed by atoms with Gasteiger partial charge in [0.05, 0.1) is 12.0 Å². The Morgan fingerprint density at radius 3 is 2.64 bits per heavy atom. The van der Waals surface area contributed by atoms with E-state index in [0.717, 1.165) is 22.4 Å². The van der Waals surface area contributed by atoms with Gasteiger partial charge in [0.1, 0.15) is 5.75 Å². The minimum absolute atomic E-state index is 0.365. The molecule has 1 aliphatic heterocycles. The fourth-order valence-electron chi connectivity index (χ4n) is 2.76. The molecule has 0 amide bonds. The van der Waals surface area contributed by atoms with Crippen LogP contribution in [0.25, 0.3) is 0 Å². The van der Waals surface area contributed by atoms with Gasteiger partial charge >= 0.3 is 0 Å². The number of ether oxygens (including phenoxy) is 1. The molecule has 3 rings (SSSR count). The molecule has 0 radical (unpaired) electrons. The molecule has 0 N–H and O–H groups in total. The lowest BCUT2D eigenvalue weighted by atomic mass is 10.0. The predicted molar refractivity (Wildman–Crippen MR) is 85.5 cm³/mol. The van der Waals surface area contributed by atoms with Crippen molar-refractivity contribution in [3.8, 4) is 5.75 Å². The number of fused-ring (bicyclic) bond motifs is 1. The summed E-state index contributed by atoms with van der Waals surface area (Å²) in [6.07, 6.45) is 0.706. The van der Waals surface area contributed by atoms with Gasteiger partial charge in [0.2, 0.25) is 10.0 Å². The second-order valence-electron chi connectivity index (χ2n) is 5.54. The van der Waals surface area contributed by atoms with Gasteiger partial charge < -0.3 is 4.74 Å². The Kier molecular flexibility index (Phi) is 3.93. The largest absolute Gasteiger partial charge is 0.497 e. The lowest BCUT2D eigenvalue weighted by Crippen LogP contribution is -2.36. The molecule has 0 atom stereocenters. The number of hydrogen-bond acceptors (Lipinski definition) is 3. The highest BCUT2D eigenvalue weighted by Gasteiger charge is 2.28. The first-order valence-corrected chi connectivity index (χ1v) is 8.67. The molecule has 0 saturated heterocycles. The Morgan fingerprint density at radius 2 is 1.91 bits per heavy atom. The van der Waals surface area contributed by atoms with Crippen molar-refractivity contribution in [1.29, 1.82) is 0 Å². The van der Waals surface area contributed by atoms with Crippen molar-refractivity contribution in [1.82, 2.24) is 4.31 Å². The van der Waals surface area contributed by atoms with Gasteiger partial charge in [-0.3, -0.25) is 0 Å². The molecular weight excluding hydrogens is 298 g/mol. The third-order valence-corrected chi connectivity index (χ3v) is 5.86. The molecule has 2 aromatic rings. The lowest BCUT2D eigenvalue weighted by molar-refractivity contribution is 0.386. The molecule has 4 nitrogen and oxygen atoms in total. The first-order chi connectivity index (χ1) is 10.5. The van der Waals surface area contributed by atoms with Crippen LogP contribution in [0.15, 0.2) is 47.4 Å². The van der Waals surface area contributed by atoms with E-state index < -0.39 is 10.0 Å². The molecule has 5 heteroatoms. The molecule has 22 heavy (non-hydrogen) atoms. The van der Waals surface area contributed by atoms with Crippen LogP contribution in [-0.2, 0) is 23.0 Å². The first-order valence-electron chi connectivity index (χ1n) is 7.23. The van der Waals surface area contributed by atoms with Crippen LogP contribution in [0, 0.1) is 6.92 Å². The highest BCUT2D eigenvalue weighted by Crippen LogP contribution is 2.27. The van der Waals surface area contributed by atoms with Crippen molar-refractivity contribution in [2.45, 2.75) is 24.8 Å². The van der Waals surface area contributed by atoms with Crippen LogP contribution >= 0.6 is 0 Å². The highest BCUT2D eigenvalue weighted by atomic mass is 32.2. The maximum Gasteiger partial charge on any atom is 0.243 e. The summed E-state index contributed by atoms with van der Waals surface area (Å²) in [5.41, 5.74) is 3.15. The molecule has 0 unspecified atom stereocenters. The number of rotatable bonds is 3. The van der Waals surface area contributed by atoms with Gasteiger partial charge in [-0.15, -0.1) is 0 Å². The van der Waals surface area contributed by atoms with Gasteiger partial charge in [-0.2, -0.15) is 4.31 Å². The Bertz CT molecular complexity index is 799. The van der Waals surface area contributed by atoms with Crippen LogP contribution in [-0.4, -0.2) is 26.4 Å². The van der Waals surface area contributed by atoms with Crippen LogP contribution in [0.4, 0.5) is 0 Å². The van der Waals surface area contributed by atoms with E-state index in [0.29, 0.717) is 24.4 Å². The minimum Gasteiger partial charge on any atom is -0.497 e. The molecule has 0 fully saturated rings. The lowest BCUT2D eigenvalue weighted by Gasteiger charge is -2.28. The van der Waals surface area contributed by atoms with E-state index in [1.807, 2.05) is 31.2 Å². The quantitative estimate of drug-likeness (QED) is 0.874. The van der Waals surface area contributed by atoms with Crippen molar-refractivity contribution in [3.05, 3.63) is 59.2 Å². The second kappa shape index (κ2) is 5.74. The predicted octanol–water partition coefficient (Wildman–Crippen LogP) is 2.75. The third-order valence-electron chi connectivity index (χ3n) is 4.02. The summed E-state index contributed by atoms with van der Waals surface area (Å²) in [5.74, 6) is 0.814. The maximum atomic E-state index is 12.8. The van der Waals surface area contributed by atoms with Crippen LogP contribution in [0.1, 0.15) is 16.7 Å². The normalized spacial score (nSPS) is 15.4. The summed E-state index contributed by atoms with van der Waals surface area (Å²) in [7, 11) is -1.80. The molecule has 0 bridgehead atoms. The van der Waals surface area contributed by atoms with Crippen LogP contribution in [0.5, 0.6) is 5.75 Å². The molecule has 1 aliphatic rings. The molecule has 2 aromatic carbocycles. The molecule has 0 spiro atoms. The molecule has 0 aromatic heterocycles. The summed E-state index contributed by atoms with van der Waals surface area (Å²) in [5, 5.41) is 0. The Hall–Kier alpha value is -1.85. The molecular formula is C17H19NO3S. The van der Waals surface area contributed by atoms with Crippen molar-refractivity contribution in [2.75, 3.05) is 13.7 Å². The number of methoxy groups -OCH3 is 1. The summed E-state index contributed by atoms with van der Waals surface area (Å²) >= 11 is 0. The Balaban J connectivity index is 1.91. The van der Waals surface area contributed by atoms with Gasteiger partial charge in [0.15, 0.2) is 0 Å². The van der Waals surface area contributed by atoms with E-state index in [2.05, 4.69) is 0 Å². The number of sulfonamides is 1. The average Bonchev–Trinajstić information content (AvgIpc) is 2.53. The van der Waals surface area contributed by atoms with Crippen molar-refractivity contribution >= 4 is 10.0 Å². The summed E-state index contributed by atoms with van der Waals surface area (Å²) in [4.78, 5) is 0.365. The van der Waals surface area contributed by atoms with Crippen LogP contribution in [0.3, 0.4) is 0 Å². The SMILES string of the molecule is COc1ccc2c(c1)CCN(S(=O)(=O)c1cccc(C)c1)C2. The standard InChI is InChI=1S/C17H19NO3S/c1-13-4-3-5-17(10-13)22(19,20)18-9-8-14-11-16(21-2)7-6-15(14)12-18/h3-7,10-11H,8-9,12H2,1-2H3. The summed E-state index contributed by atoms with van der Waals surface area (Å²) in [6, 6.07) is 12.9. The fraction of sp³-hybridized carbons (Fsp3) is 0.294. The number of hydrogen-bond donors (Lipinski definition) is 0. The number of aryl methyl sites for hydroxylation is 1. The van der Waals surface area contributed by atoms with Gasteiger partial charge in [-0.05, 0) is 54.3 Å². The van der Waals surface area contributed by atoms with Crippen molar-refractivity contribution in [2.24, 2.45) is 0 Å². The van der Waals surface area contributed by atoms with E-state index >= 15 is 0 Å². The smallest absolute Gasteiger partial charge is 0.243 e. The summed E-state index contributed by atoms with van der Waals surface area (Å²) < 4.78 is 32.3. The van der Waals surface area contributed by atoms with E-state index in [-0.39, 0.29) is 0 Å².